The van der Waals surface area contributed by atoms with Crippen LogP contribution in [-0.2, 0) is 10.2 Å². The molecule has 2 atom stereocenters. The summed E-state index contributed by atoms with van der Waals surface area (Å²) in [6.07, 6.45) is 1.09. The van der Waals surface area contributed by atoms with E-state index in [0.717, 1.165) is 13.0 Å². The van der Waals surface area contributed by atoms with Gasteiger partial charge in [-0.25, -0.2) is 0 Å². The first-order chi connectivity index (χ1) is 8.50. The van der Waals surface area contributed by atoms with Crippen LogP contribution in [0.15, 0.2) is 17.5 Å². The maximum absolute atomic E-state index is 12.1. The molecule has 3 nitrogen and oxygen atoms in total. The molecule has 1 aromatic rings. The Balaban J connectivity index is 1.89. The van der Waals surface area contributed by atoms with Gasteiger partial charge in [0.1, 0.15) is 0 Å². The molecular formula is C14H22N2OS. The molecule has 2 rings (SSSR count). The van der Waals surface area contributed by atoms with Crippen molar-refractivity contribution < 1.29 is 4.79 Å². The molecule has 1 fully saturated rings. The first kappa shape index (κ1) is 13.6. The molecule has 0 bridgehead atoms. The minimum absolute atomic E-state index is 0.00562. The first-order valence-corrected chi connectivity index (χ1v) is 7.44. The third-order valence-corrected chi connectivity index (χ3v) is 4.94. The van der Waals surface area contributed by atoms with Crippen molar-refractivity contribution in [1.29, 1.82) is 0 Å². The van der Waals surface area contributed by atoms with Gasteiger partial charge in [0, 0.05) is 16.8 Å². The number of thiophene rings is 1. The molecule has 0 aromatic carbocycles. The molecule has 2 heterocycles. The Hall–Kier alpha value is -0.870. The zero-order valence-electron chi connectivity index (χ0n) is 11.3. The molecule has 0 radical (unpaired) electrons. The van der Waals surface area contributed by atoms with Crippen LogP contribution < -0.4 is 10.6 Å². The molecule has 4 heteroatoms. The summed E-state index contributed by atoms with van der Waals surface area (Å²) in [6.45, 7) is 8.12. The quantitative estimate of drug-likeness (QED) is 0.876. The summed E-state index contributed by atoms with van der Waals surface area (Å²) < 4.78 is 0. The fraction of sp³-hybridized carbons (Fsp3) is 0.643. The van der Waals surface area contributed by atoms with Gasteiger partial charge < -0.3 is 10.6 Å². The number of carbonyl (C=O) groups is 1. The Kier molecular flexibility index (Phi) is 4.07. The standard InChI is InChI=1S/C14H22N2OS/c1-10-6-7-15-12(10)13(17)16-9-14(2,3)11-5-4-8-18-11/h4-5,8,10,12,15H,6-7,9H2,1-3H3,(H,16,17). The normalized spacial score (nSPS) is 24.2. The molecule has 1 aromatic heterocycles. The summed E-state index contributed by atoms with van der Waals surface area (Å²) >= 11 is 1.75. The van der Waals surface area contributed by atoms with E-state index in [1.165, 1.54) is 4.88 Å². The number of hydrogen-bond acceptors (Lipinski definition) is 3. The van der Waals surface area contributed by atoms with E-state index in [1.54, 1.807) is 11.3 Å². The largest absolute Gasteiger partial charge is 0.354 e. The fourth-order valence-electron chi connectivity index (χ4n) is 2.35. The monoisotopic (exact) mass is 266 g/mol. The average Bonchev–Trinajstić information content (AvgIpc) is 2.96. The summed E-state index contributed by atoms with van der Waals surface area (Å²) in [6, 6.07) is 4.18. The van der Waals surface area contributed by atoms with Crippen LogP contribution >= 0.6 is 11.3 Å². The zero-order valence-corrected chi connectivity index (χ0v) is 12.1. The van der Waals surface area contributed by atoms with Gasteiger partial charge in [0.25, 0.3) is 0 Å². The molecular weight excluding hydrogens is 244 g/mol. The highest BCUT2D eigenvalue weighted by atomic mass is 32.1. The first-order valence-electron chi connectivity index (χ1n) is 6.56. The van der Waals surface area contributed by atoms with E-state index in [-0.39, 0.29) is 17.4 Å². The van der Waals surface area contributed by atoms with Crippen molar-refractivity contribution >= 4 is 17.2 Å². The number of nitrogens with one attached hydrogen (secondary N) is 2. The molecule has 18 heavy (non-hydrogen) atoms. The second kappa shape index (κ2) is 5.41. The third kappa shape index (κ3) is 2.93. The summed E-state index contributed by atoms with van der Waals surface area (Å²) in [5.41, 5.74) is 0.00562. The van der Waals surface area contributed by atoms with E-state index in [4.69, 9.17) is 0 Å². The van der Waals surface area contributed by atoms with Crippen LogP contribution in [-0.4, -0.2) is 25.0 Å². The lowest BCUT2D eigenvalue weighted by Crippen LogP contribution is -2.46. The van der Waals surface area contributed by atoms with Crippen LogP contribution in [0.1, 0.15) is 32.1 Å². The van der Waals surface area contributed by atoms with Crippen molar-refractivity contribution in [2.24, 2.45) is 5.92 Å². The SMILES string of the molecule is CC1CCNC1C(=O)NCC(C)(C)c1cccs1. The van der Waals surface area contributed by atoms with E-state index in [2.05, 4.69) is 48.9 Å². The van der Waals surface area contributed by atoms with E-state index < -0.39 is 0 Å². The summed E-state index contributed by atoms with van der Waals surface area (Å²) in [7, 11) is 0. The third-order valence-electron chi connectivity index (χ3n) is 3.71. The Bertz CT molecular complexity index is 400. The van der Waals surface area contributed by atoms with E-state index in [1.807, 2.05) is 0 Å². The van der Waals surface area contributed by atoms with Crippen LogP contribution in [0, 0.1) is 5.92 Å². The summed E-state index contributed by atoms with van der Waals surface area (Å²) in [5, 5.41) is 8.44. The lowest BCUT2D eigenvalue weighted by Gasteiger charge is -2.25. The highest BCUT2D eigenvalue weighted by Crippen LogP contribution is 2.26. The molecule has 2 N–H and O–H groups in total. The number of amides is 1. The zero-order chi connectivity index (χ0) is 13.2. The smallest absolute Gasteiger partial charge is 0.237 e. The molecule has 0 aliphatic carbocycles. The molecule has 1 amide bonds. The van der Waals surface area contributed by atoms with Crippen LogP contribution in [0.25, 0.3) is 0 Å². The lowest BCUT2D eigenvalue weighted by atomic mass is 9.91. The van der Waals surface area contributed by atoms with Gasteiger partial charge in [-0.1, -0.05) is 26.8 Å². The molecule has 0 spiro atoms. The van der Waals surface area contributed by atoms with Gasteiger partial charge in [-0.05, 0) is 30.3 Å². The Morgan fingerprint density at radius 2 is 2.39 bits per heavy atom. The van der Waals surface area contributed by atoms with E-state index >= 15 is 0 Å². The minimum atomic E-state index is -0.0101. The van der Waals surface area contributed by atoms with Gasteiger partial charge in [0.05, 0.1) is 6.04 Å². The second-order valence-corrected chi connectivity index (χ2v) is 6.72. The molecule has 1 saturated heterocycles. The van der Waals surface area contributed by atoms with Crippen LogP contribution in [0.2, 0.25) is 0 Å². The Morgan fingerprint density at radius 1 is 1.61 bits per heavy atom. The second-order valence-electron chi connectivity index (χ2n) is 5.78. The van der Waals surface area contributed by atoms with Gasteiger partial charge in [0.2, 0.25) is 5.91 Å². The fourth-order valence-corrected chi connectivity index (χ4v) is 3.21. The van der Waals surface area contributed by atoms with Crippen LogP contribution in [0.3, 0.4) is 0 Å². The average molecular weight is 266 g/mol. The van der Waals surface area contributed by atoms with Gasteiger partial charge >= 0.3 is 0 Å². The molecule has 2 unspecified atom stereocenters. The predicted molar refractivity (Wildman–Crippen MR) is 75.9 cm³/mol. The van der Waals surface area contributed by atoms with Crippen molar-refractivity contribution in [3.63, 3.8) is 0 Å². The molecule has 1 aliphatic heterocycles. The maximum Gasteiger partial charge on any atom is 0.237 e. The molecule has 100 valence electrons. The minimum Gasteiger partial charge on any atom is -0.354 e. The van der Waals surface area contributed by atoms with Gasteiger partial charge in [-0.2, -0.15) is 0 Å². The summed E-state index contributed by atoms with van der Waals surface area (Å²) in [5.74, 6) is 0.583. The highest BCUT2D eigenvalue weighted by Gasteiger charge is 2.30. The van der Waals surface area contributed by atoms with Crippen molar-refractivity contribution in [2.75, 3.05) is 13.1 Å². The van der Waals surface area contributed by atoms with Gasteiger partial charge in [0.15, 0.2) is 0 Å². The predicted octanol–water partition coefficient (Wildman–Crippen LogP) is 2.14. The number of carbonyl (C=O) groups excluding carboxylic acids is 1. The van der Waals surface area contributed by atoms with Crippen LogP contribution in [0.5, 0.6) is 0 Å². The van der Waals surface area contributed by atoms with E-state index in [9.17, 15) is 4.79 Å². The Morgan fingerprint density at radius 3 is 2.94 bits per heavy atom. The topological polar surface area (TPSA) is 41.1 Å². The van der Waals surface area contributed by atoms with Gasteiger partial charge in [-0.3, -0.25) is 4.79 Å². The number of rotatable bonds is 4. The van der Waals surface area contributed by atoms with Crippen molar-refractivity contribution in [2.45, 2.75) is 38.6 Å². The maximum atomic E-state index is 12.1. The highest BCUT2D eigenvalue weighted by molar-refractivity contribution is 7.10. The summed E-state index contributed by atoms with van der Waals surface area (Å²) in [4.78, 5) is 13.4. The Labute approximate surface area is 113 Å². The van der Waals surface area contributed by atoms with Crippen molar-refractivity contribution in [1.82, 2.24) is 10.6 Å². The van der Waals surface area contributed by atoms with Gasteiger partial charge in [-0.15, -0.1) is 11.3 Å². The lowest BCUT2D eigenvalue weighted by molar-refractivity contribution is -0.123. The van der Waals surface area contributed by atoms with Crippen molar-refractivity contribution in [3.05, 3.63) is 22.4 Å². The number of hydrogen-bond donors (Lipinski definition) is 2. The van der Waals surface area contributed by atoms with Crippen LogP contribution in [0.4, 0.5) is 0 Å². The molecule has 0 saturated carbocycles. The molecule has 1 aliphatic rings. The van der Waals surface area contributed by atoms with Crippen molar-refractivity contribution in [3.8, 4) is 0 Å². The van der Waals surface area contributed by atoms with E-state index in [0.29, 0.717) is 12.5 Å².